The first-order valence-electron chi connectivity index (χ1n) is 6.73. The van der Waals surface area contributed by atoms with E-state index in [1.165, 1.54) is 0 Å². The van der Waals surface area contributed by atoms with Crippen LogP contribution in [-0.4, -0.2) is 55.5 Å². The maximum absolute atomic E-state index is 11.9. The molecule has 2 amide bonds. The van der Waals surface area contributed by atoms with Crippen molar-refractivity contribution in [1.29, 1.82) is 0 Å². The van der Waals surface area contributed by atoms with E-state index in [-0.39, 0.29) is 24.1 Å². The molecule has 1 rings (SSSR count). The van der Waals surface area contributed by atoms with Gasteiger partial charge in [0.15, 0.2) is 0 Å². The number of rotatable bonds is 6. The van der Waals surface area contributed by atoms with Crippen molar-refractivity contribution < 1.29 is 14.6 Å². The third-order valence-corrected chi connectivity index (χ3v) is 3.60. The van der Waals surface area contributed by atoms with E-state index in [0.717, 1.165) is 25.7 Å². The van der Waals surface area contributed by atoms with Crippen molar-refractivity contribution in [3.63, 3.8) is 0 Å². The summed E-state index contributed by atoms with van der Waals surface area (Å²) in [5.74, 6) is 0.232. The van der Waals surface area contributed by atoms with Gasteiger partial charge in [-0.1, -0.05) is 6.42 Å². The molecule has 1 aliphatic carbocycles. The number of carbonyl (C=O) groups is 1. The maximum atomic E-state index is 11.9. The van der Waals surface area contributed by atoms with Crippen molar-refractivity contribution in [3.8, 4) is 0 Å². The number of hydrogen-bond donors (Lipinski definition) is 2. The number of nitrogens with one attached hydrogen (secondary N) is 1. The Balaban J connectivity index is 2.27. The van der Waals surface area contributed by atoms with E-state index in [1.807, 2.05) is 6.92 Å². The van der Waals surface area contributed by atoms with Crippen molar-refractivity contribution in [2.75, 3.05) is 27.3 Å². The monoisotopic (exact) mass is 258 g/mol. The molecule has 0 radical (unpaired) electrons. The van der Waals surface area contributed by atoms with Crippen LogP contribution in [0.5, 0.6) is 0 Å². The first-order chi connectivity index (χ1) is 8.54. The van der Waals surface area contributed by atoms with Crippen LogP contribution < -0.4 is 5.32 Å². The number of nitrogens with zero attached hydrogens (tertiary/aromatic N) is 1. The highest BCUT2D eigenvalue weighted by Crippen LogP contribution is 2.25. The number of urea groups is 1. The molecule has 1 fully saturated rings. The Kier molecular flexibility index (Phi) is 6.43. The topological polar surface area (TPSA) is 61.8 Å². The molecule has 18 heavy (non-hydrogen) atoms. The minimum atomic E-state index is -0.244. The fourth-order valence-electron chi connectivity index (χ4n) is 2.35. The van der Waals surface area contributed by atoms with Crippen LogP contribution in [0, 0.1) is 5.92 Å². The van der Waals surface area contributed by atoms with Gasteiger partial charge < -0.3 is 20.1 Å². The summed E-state index contributed by atoms with van der Waals surface area (Å²) < 4.78 is 4.98. The molecule has 2 N–H and O–H groups in total. The highest BCUT2D eigenvalue weighted by Gasteiger charge is 2.27. The summed E-state index contributed by atoms with van der Waals surface area (Å²) in [5.41, 5.74) is 0. The lowest BCUT2D eigenvalue weighted by Crippen LogP contribution is -2.44. The highest BCUT2D eigenvalue weighted by atomic mass is 16.5. The van der Waals surface area contributed by atoms with Crippen molar-refractivity contribution in [3.05, 3.63) is 0 Å². The van der Waals surface area contributed by atoms with Crippen LogP contribution in [0.25, 0.3) is 0 Å². The van der Waals surface area contributed by atoms with E-state index in [1.54, 1.807) is 19.1 Å². The lowest BCUT2D eigenvalue weighted by molar-refractivity contribution is 0.113. The second kappa shape index (κ2) is 7.59. The molecule has 3 atom stereocenters. The van der Waals surface area contributed by atoms with Gasteiger partial charge in [0.1, 0.15) is 0 Å². The molecule has 0 saturated heterocycles. The Morgan fingerprint density at radius 2 is 2.28 bits per heavy atom. The molecule has 0 aromatic rings. The average molecular weight is 258 g/mol. The van der Waals surface area contributed by atoms with Crippen molar-refractivity contribution in [2.24, 2.45) is 5.92 Å². The smallest absolute Gasteiger partial charge is 0.317 e. The van der Waals surface area contributed by atoms with Gasteiger partial charge >= 0.3 is 6.03 Å². The van der Waals surface area contributed by atoms with Crippen molar-refractivity contribution in [2.45, 2.75) is 44.8 Å². The van der Waals surface area contributed by atoms with Gasteiger partial charge in [-0.15, -0.1) is 0 Å². The van der Waals surface area contributed by atoms with Crippen LogP contribution in [0.3, 0.4) is 0 Å². The zero-order chi connectivity index (χ0) is 13.5. The molecule has 0 spiro atoms. The molecule has 106 valence electrons. The van der Waals surface area contributed by atoms with Gasteiger partial charge in [-0.05, 0) is 26.2 Å². The van der Waals surface area contributed by atoms with Gasteiger partial charge in [-0.2, -0.15) is 0 Å². The standard InChI is InChI=1S/C13H26N2O3/c1-10(7-8-18-3)14-13(17)15(2)9-11-5-4-6-12(11)16/h10-12,16H,4-9H2,1-3H3,(H,14,17). The number of amides is 2. The van der Waals surface area contributed by atoms with E-state index in [2.05, 4.69) is 5.32 Å². The van der Waals surface area contributed by atoms with Gasteiger partial charge in [0, 0.05) is 39.3 Å². The normalized spacial score (nSPS) is 24.9. The Labute approximate surface area is 109 Å². The summed E-state index contributed by atoms with van der Waals surface area (Å²) in [4.78, 5) is 13.6. The van der Waals surface area contributed by atoms with E-state index >= 15 is 0 Å². The molecular weight excluding hydrogens is 232 g/mol. The van der Waals surface area contributed by atoms with Gasteiger partial charge in [-0.3, -0.25) is 0 Å². The molecule has 0 aromatic heterocycles. The number of aliphatic hydroxyl groups is 1. The van der Waals surface area contributed by atoms with Crippen LogP contribution in [0.15, 0.2) is 0 Å². The molecule has 1 saturated carbocycles. The summed E-state index contributed by atoms with van der Waals surface area (Å²) in [6.45, 7) is 3.24. The summed E-state index contributed by atoms with van der Waals surface area (Å²) in [6.07, 6.45) is 3.50. The fourth-order valence-corrected chi connectivity index (χ4v) is 2.35. The number of methoxy groups -OCH3 is 1. The van der Waals surface area contributed by atoms with Crippen LogP contribution in [0.2, 0.25) is 0 Å². The van der Waals surface area contributed by atoms with E-state index < -0.39 is 0 Å². The summed E-state index contributed by atoms with van der Waals surface area (Å²) in [5, 5.41) is 12.7. The Hall–Kier alpha value is -0.810. The molecule has 0 heterocycles. The SMILES string of the molecule is COCCC(C)NC(=O)N(C)CC1CCCC1O. The molecule has 5 heteroatoms. The lowest BCUT2D eigenvalue weighted by Gasteiger charge is -2.25. The maximum Gasteiger partial charge on any atom is 0.317 e. The van der Waals surface area contributed by atoms with Crippen molar-refractivity contribution in [1.82, 2.24) is 10.2 Å². The molecule has 1 aliphatic rings. The summed E-state index contributed by atoms with van der Waals surface area (Å²) in [7, 11) is 3.44. The highest BCUT2D eigenvalue weighted by molar-refractivity contribution is 5.74. The molecule has 0 aliphatic heterocycles. The van der Waals surface area contributed by atoms with E-state index in [0.29, 0.717) is 13.2 Å². The minimum Gasteiger partial charge on any atom is -0.393 e. The summed E-state index contributed by atoms with van der Waals surface area (Å²) in [6, 6.07) is 0.0334. The molecular formula is C13H26N2O3. The number of aliphatic hydroxyl groups excluding tert-OH is 1. The second-order valence-corrected chi connectivity index (χ2v) is 5.27. The Morgan fingerprint density at radius 1 is 1.56 bits per heavy atom. The largest absolute Gasteiger partial charge is 0.393 e. The quantitative estimate of drug-likeness (QED) is 0.753. The zero-order valence-electron chi connectivity index (χ0n) is 11.7. The molecule has 5 nitrogen and oxygen atoms in total. The van der Waals surface area contributed by atoms with E-state index in [4.69, 9.17) is 4.74 Å². The van der Waals surface area contributed by atoms with Gasteiger partial charge in [0.25, 0.3) is 0 Å². The zero-order valence-corrected chi connectivity index (χ0v) is 11.7. The molecule has 0 bridgehead atoms. The number of ether oxygens (including phenoxy) is 1. The predicted molar refractivity (Wildman–Crippen MR) is 70.5 cm³/mol. The van der Waals surface area contributed by atoms with Crippen LogP contribution in [-0.2, 0) is 4.74 Å². The molecule has 3 unspecified atom stereocenters. The van der Waals surface area contributed by atoms with E-state index in [9.17, 15) is 9.90 Å². The average Bonchev–Trinajstić information content (AvgIpc) is 2.72. The second-order valence-electron chi connectivity index (χ2n) is 5.27. The van der Waals surface area contributed by atoms with Gasteiger partial charge in [-0.25, -0.2) is 4.79 Å². The van der Waals surface area contributed by atoms with Crippen LogP contribution in [0.1, 0.15) is 32.6 Å². The predicted octanol–water partition coefficient (Wildman–Crippen LogP) is 1.21. The van der Waals surface area contributed by atoms with Crippen LogP contribution >= 0.6 is 0 Å². The van der Waals surface area contributed by atoms with Gasteiger partial charge in [0.05, 0.1) is 6.10 Å². The number of hydrogen-bond acceptors (Lipinski definition) is 3. The third-order valence-electron chi connectivity index (χ3n) is 3.60. The van der Waals surface area contributed by atoms with Crippen molar-refractivity contribution >= 4 is 6.03 Å². The summed E-state index contributed by atoms with van der Waals surface area (Å²) >= 11 is 0. The Bertz CT molecular complexity index is 261. The van der Waals surface area contributed by atoms with Gasteiger partial charge in [0.2, 0.25) is 0 Å². The first-order valence-corrected chi connectivity index (χ1v) is 6.73. The minimum absolute atomic E-state index is 0.0716. The fraction of sp³-hybridized carbons (Fsp3) is 0.923. The Morgan fingerprint density at radius 3 is 2.83 bits per heavy atom. The lowest BCUT2D eigenvalue weighted by atomic mass is 10.1. The third kappa shape index (κ3) is 4.82. The first kappa shape index (κ1) is 15.2. The molecule has 0 aromatic carbocycles. The number of carbonyl (C=O) groups excluding carboxylic acids is 1. The van der Waals surface area contributed by atoms with Crippen LogP contribution in [0.4, 0.5) is 4.79 Å².